The van der Waals surface area contributed by atoms with Crippen LogP contribution in [0.25, 0.3) is 11.0 Å². The Labute approximate surface area is 124 Å². The first kappa shape index (κ1) is 15.2. The number of aliphatic carboxylic acids is 1. The van der Waals surface area contributed by atoms with Crippen molar-refractivity contribution in [2.75, 3.05) is 5.32 Å². The van der Waals surface area contributed by atoms with Gasteiger partial charge in [-0.15, -0.1) is 0 Å². The van der Waals surface area contributed by atoms with Crippen molar-refractivity contribution in [2.45, 2.75) is 39.7 Å². The molecule has 21 heavy (non-hydrogen) atoms. The Balaban J connectivity index is 2.13. The molecule has 0 unspecified atom stereocenters. The topological polar surface area (TPSA) is 75.1 Å². The Morgan fingerprint density at radius 2 is 1.95 bits per heavy atom. The Kier molecular flexibility index (Phi) is 4.40. The third-order valence-electron chi connectivity index (χ3n) is 3.25. The van der Waals surface area contributed by atoms with E-state index in [2.05, 4.69) is 36.1 Å². The molecule has 0 fully saturated rings. The highest BCUT2D eigenvalue weighted by Crippen LogP contribution is 2.23. The van der Waals surface area contributed by atoms with Gasteiger partial charge in [0.05, 0.1) is 17.2 Å². The second kappa shape index (κ2) is 6.08. The van der Waals surface area contributed by atoms with E-state index in [9.17, 15) is 9.90 Å². The van der Waals surface area contributed by atoms with E-state index in [-0.39, 0.29) is 5.41 Å². The van der Waals surface area contributed by atoms with Crippen LogP contribution in [0.4, 0.5) is 5.82 Å². The van der Waals surface area contributed by atoms with Gasteiger partial charge in [-0.1, -0.05) is 32.9 Å². The summed E-state index contributed by atoms with van der Waals surface area (Å²) in [7, 11) is 0. The Bertz CT molecular complexity index is 635. The van der Waals surface area contributed by atoms with Gasteiger partial charge in [0.25, 0.3) is 0 Å². The van der Waals surface area contributed by atoms with Gasteiger partial charge in [-0.3, -0.25) is 4.98 Å². The van der Waals surface area contributed by atoms with E-state index in [1.54, 1.807) is 6.20 Å². The van der Waals surface area contributed by atoms with Gasteiger partial charge in [0, 0.05) is 0 Å². The van der Waals surface area contributed by atoms with Gasteiger partial charge in [-0.25, -0.2) is 9.78 Å². The molecule has 0 amide bonds. The van der Waals surface area contributed by atoms with Crippen molar-refractivity contribution in [2.24, 2.45) is 5.41 Å². The van der Waals surface area contributed by atoms with Gasteiger partial charge in [0.1, 0.15) is 11.9 Å². The molecule has 2 N–H and O–H groups in total. The predicted molar refractivity (Wildman–Crippen MR) is 83.3 cm³/mol. The van der Waals surface area contributed by atoms with Crippen LogP contribution in [0, 0.1) is 5.41 Å². The fraction of sp³-hybridized carbons (Fsp3) is 0.438. The summed E-state index contributed by atoms with van der Waals surface area (Å²) in [6.07, 6.45) is 2.95. The maximum Gasteiger partial charge on any atom is 0.326 e. The molecule has 0 aliphatic carbocycles. The summed E-state index contributed by atoms with van der Waals surface area (Å²) in [6, 6.07) is 6.86. The number of hydrogen-bond acceptors (Lipinski definition) is 4. The molecule has 1 heterocycles. The number of fused-ring (bicyclic) bond motifs is 1. The molecular formula is C16H21N3O2. The Morgan fingerprint density at radius 1 is 1.29 bits per heavy atom. The zero-order chi connectivity index (χ0) is 15.5. The minimum atomic E-state index is -0.866. The van der Waals surface area contributed by atoms with Crippen LogP contribution >= 0.6 is 0 Å². The van der Waals surface area contributed by atoms with E-state index < -0.39 is 12.0 Å². The molecule has 0 bridgehead atoms. The molecule has 112 valence electrons. The van der Waals surface area contributed by atoms with Crippen molar-refractivity contribution in [3.8, 4) is 0 Å². The third-order valence-corrected chi connectivity index (χ3v) is 3.25. The molecule has 0 aliphatic heterocycles. The first-order valence-electron chi connectivity index (χ1n) is 7.06. The van der Waals surface area contributed by atoms with Gasteiger partial charge in [0.15, 0.2) is 0 Å². The fourth-order valence-corrected chi connectivity index (χ4v) is 2.04. The van der Waals surface area contributed by atoms with Crippen LogP contribution in [0.1, 0.15) is 33.6 Å². The number of aromatic nitrogens is 2. The number of anilines is 1. The summed E-state index contributed by atoms with van der Waals surface area (Å²) in [5.41, 5.74) is 1.65. The normalized spacial score (nSPS) is 13.1. The van der Waals surface area contributed by atoms with E-state index in [1.165, 1.54) is 0 Å². The molecule has 0 aliphatic rings. The number of para-hydroxylation sites is 2. The molecule has 0 radical (unpaired) electrons. The smallest absolute Gasteiger partial charge is 0.326 e. The van der Waals surface area contributed by atoms with E-state index in [0.717, 1.165) is 17.5 Å². The Hall–Kier alpha value is -2.17. The zero-order valence-corrected chi connectivity index (χ0v) is 12.6. The quantitative estimate of drug-likeness (QED) is 0.882. The SMILES string of the molecule is CC(C)(C)CC[C@H](Nc1cnc2ccccc2n1)C(=O)O. The second-order valence-electron chi connectivity index (χ2n) is 6.38. The number of rotatable bonds is 5. The highest BCUT2D eigenvalue weighted by Gasteiger charge is 2.21. The number of benzene rings is 1. The summed E-state index contributed by atoms with van der Waals surface area (Å²) in [5, 5.41) is 12.3. The molecule has 0 spiro atoms. The molecule has 1 aromatic carbocycles. The van der Waals surface area contributed by atoms with Crippen molar-refractivity contribution < 1.29 is 9.90 Å². The number of nitrogens with zero attached hydrogens (tertiary/aromatic N) is 2. The van der Waals surface area contributed by atoms with Crippen molar-refractivity contribution in [3.63, 3.8) is 0 Å². The minimum absolute atomic E-state index is 0.102. The van der Waals surface area contributed by atoms with E-state index >= 15 is 0 Å². The van der Waals surface area contributed by atoms with Crippen LogP contribution in [0.2, 0.25) is 0 Å². The minimum Gasteiger partial charge on any atom is -0.480 e. The maximum absolute atomic E-state index is 11.4. The highest BCUT2D eigenvalue weighted by atomic mass is 16.4. The lowest BCUT2D eigenvalue weighted by atomic mass is 9.88. The van der Waals surface area contributed by atoms with Crippen LogP contribution in [0.3, 0.4) is 0 Å². The molecule has 0 saturated carbocycles. The first-order chi connectivity index (χ1) is 9.85. The average Bonchev–Trinajstić information content (AvgIpc) is 2.42. The molecular weight excluding hydrogens is 266 g/mol. The lowest BCUT2D eigenvalue weighted by Gasteiger charge is -2.21. The number of carbonyl (C=O) groups is 1. The standard InChI is InChI=1S/C16H21N3O2/c1-16(2,3)9-8-13(15(20)21)19-14-10-17-11-6-4-5-7-12(11)18-14/h4-7,10,13H,8-9H2,1-3H3,(H,18,19)(H,20,21)/t13-/m0/s1. The number of carboxylic acids is 1. The van der Waals surface area contributed by atoms with Crippen LogP contribution in [-0.2, 0) is 4.79 Å². The molecule has 2 aromatic rings. The lowest BCUT2D eigenvalue weighted by molar-refractivity contribution is -0.138. The van der Waals surface area contributed by atoms with Crippen LogP contribution in [0.15, 0.2) is 30.5 Å². The summed E-state index contributed by atoms with van der Waals surface area (Å²) in [6.45, 7) is 6.30. The fourth-order valence-electron chi connectivity index (χ4n) is 2.04. The largest absolute Gasteiger partial charge is 0.480 e. The predicted octanol–water partition coefficient (Wildman–Crippen LogP) is 3.32. The van der Waals surface area contributed by atoms with E-state index in [1.807, 2.05) is 24.3 Å². The highest BCUT2D eigenvalue weighted by molar-refractivity contribution is 5.78. The van der Waals surface area contributed by atoms with Gasteiger partial charge in [0.2, 0.25) is 0 Å². The summed E-state index contributed by atoms with van der Waals surface area (Å²) >= 11 is 0. The molecule has 1 aromatic heterocycles. The number of nitrogens with one attached hydrogen (secondary N) is 1. The molecule has 5 heteroatoms. The lowest BCUT2D eigenvalue weighted by Crippen LogP contribution is -2.31. The van der Waals surface area contributed by atoms with Crippen LogP contribution in [-0.4, -0.2) is 27.1 Å². The van der Waals surface area contributed by atoms with Crippen molar-refractivity contribution in [3.05, 3.63) is 30.5 Å². The van der Waals surface area contributed by atoms with Crippen LogP contribution < -0.4 is 5.32 Å². The van der Waals surface area contributed by atoms with Crippen molar-refractivity contribution >= 4 is 22.8 Å². The van der Waals surface area contributed by atoms with E-state index in [4.69, 9.17) is 0 Å². The van der Waals surface area contributed by atoms with E-state index in [0.29, 0.717) is 12.2 Å². The van der Waals surface area contributed by atoms with Gasteiger partial charge < -0.3 is 10.4 Å². The zero-order valence-electron chi connectivity index (χ0n) is 12.6. The second-order valence-corrected chi connectivity index (χ2v) is 6.38. The third kappa shape index (κ3) is 4.41. The molecule has 5 nitrogen and oxygen atoms in total. The molecule has 0 saturated heterocycles. The Morgan fingerprint density at radius 3 is 2.57 bits per heavy atom. The van der Waals surface area contributed by atoms with Gasteiger partial charge in [-0.05, 0) is 30.4 Å². The number of carboxylic acid groups (broad SMARTS) is 1. The van der Waals surface area contributed by atoms with Crippen LogP contribution in [0.5, 0.6) is 0 Å². The first-order valence-corrected chi connectivity index (χ1v) is 7.06. The summed E-state index contributed by atoms with van der Waals surface area (Å²) in [4.78, 5) is 20.1. The average molecular weight is 287 g/mol. The summed E-state index contributed by atoms with van der Waals surface area (Å²) < 4.78 is 0. The van der Waals surface area contributed by atoms with Gasteiger partial charge >= 0.3 is 5.97 Å². The maximum atomic E-state index is 11.4. The summed E-state index contributed by atoms with van der Waals surface area (Å²) in [5.74, 6) is -0.371. The van der Waals surface area contributed by atoms with Crippen molar-refractivity contribution in [1.82, 2.24) is 9.97 Å². The monoisotopic (exact) mass is 287 g/mol. The molecule has 2 rings (SSSR count). The number of hydrogen-bond donors (Lipinski definition) is 2. The van der Waals surface area contributed by atoms with Gasteiger partial charge in [-0.2, -0.15) is 0 Å². The van der Waals surface area contributed by atoms with Crippen molar-refractivity contribution in [1.29, 1.82) is 0 Å². The molecule has 1 atom stereocenters.